The molecule has 0 saturated heterocycles. The second-order valence-electron chi connectivity index (χ2n) is 3.12. The van der Waals surface area contributed by atoms with E-state index < -0.39 is 0 Å². The maximum atomic E-state index is 9.33. The number of nitrogens with zero attached hydrogens (tertiary/aromatic N) is 2. The summed E-state index contributed by atoms with van der Waals surface area (Å²) in [6.07, 6.45) is 3.54. The Bertz CT molecular complexity index is 481. The standard InChI is InChI=1S/C10H10BrN3O/c11-8-5-13-14(6-8)10-2-1-9(15)3-7(10)4-12/h1-3,5-6,15H,4,12H2. The van der Waals surface area contributed by atoms with Crippen LogP contribution in [0.1, 0.15) is 5.56 Å². The lowest BCUT2D eigenvalue weighted by atomic mass is 10.1. The number of hydrogen-bond donors (Lipinski definition) is 2. The molecule has 1 aromatic carbocycles. The molecule has 0 radical (unpaired) electrons. The zero-order valence-corrected chi connectivity index (χ0v) is 9.48. The SMILES string of the molecule is NCc1cc(O)ccc1-n1cc(Br)cn1. The molecule has 0 aliphatic heterocycles. The molecule has 0 amide bonds. The third-order valence-electron chi connectivity index (χ3n) is 2.08. The van der Waals surface area contributed by atoms with Gasteiger partial charge in [0.15, 0.2) is 0 Å². The van der Waals surface area contributed by atoms with Gasteiger partial charge in [0, 0.05) is 12.7 Å². The Morgan fingerprint density at radius 3 is 2.87 bits per heavy atom. The first-order chi connectivity index (χ1) is 7.20. The predicted molar refractivity (Wildman–Crippen MR) is 60.8 cm³/mol. The third-order valence-corrected chi connectivity index (χ3v) is 2.49. The van der Waals surface area contributed by atoms with Gasteiger partial charge in [0.1, 0.15) is 5.75 Å². The van der Waals surface area contributed by atoms with Crippen molar-refractivity contribution in [1.29, 1.82) is 0 Å². The van der Waals surface area contributed by atoms with Crippen molar-refractivity contribution in [3.8, 4) is 11.4 Å². The molecule has 0 fully saturated rings. The van der Waals surface area contributed by atoms with Crippen LogP contribution in [0.3, 0.4) is 0 Å². The lowest BCUT2D eigenvalue weighted by Crippen LogP contribution is -2.04. The number of hydrogen-bond acceptors (Lipinski definition) is 3. The molecular weight excluding hydrogens is 258 g/mol. The first-order valence-corrected chi connectivity index (χ1v) is 5.22. The van der Waals surface area contributed by atoms with E-state index in [1.165, 1.54) is 0 Å². The molecule has 3 N–H and O–H groups in total. The van der Waals surface area contributed by atoms with Gasteiger partial charge in [-0.05, 0) is 39.7 Å². The zero-order chi connectivity index (χ0) is 10.8. The normalized spacial score (nSPS) is 10.5. The van der Waals surface area contributed by atoms with E-state index in [1.807, 2.05) is 6.20 Å². The van der Waals surface area contributed by atoms with Crippen LogP contribution in [0.25, 0.3) is 5.69 Å². The second kappa shape index (κ2) is 4.04. The first-order valence-electron chi connectivity index (χ1n) is 4.43. The molecule has 0 atom stereocenters. The number of phenols is 1. The van der Waals surface area contributed by atoms with Crippen molar-refractivity contribution in [3.63, 3.8) is 0 Å². The van der Waals surface area contributed by atoms with Crippen molar-refractivity contribution in [3.05, 3.63) is 40.6 Å². The number of halogens is 1. The molecule has 2 rings (SSSR count). The highest BCUT2D eigenvalue weighted by molar-refractivity contribution is 9.10. The van der Waals surface area contributed by atoms with E-state index in [-0.39, 0.29) is 5.75 Å². The van der Waals surface area contributed by atoms with Crippen LogP contribution in [0.2, 0.25) is 0 Å². The molecule has 0 saturated carbocycles. The third kappa shape index (κ3) is 2.03. The summed E-state index contributed by atoms with van der Waals surface area (Å²) in [7, 11) is 0. The minimum absolute atomic E-state index is 0.213. The van der Waals surface area contributed by atoms with E-state index >= 15 is 0 Å². The smallest absolute Gasteiger partial charge is 0.116 e. The number of rotatable bonds is 2. The highest BCUT2D eigenvalue weighted by Gasteiger charge is 2.05. The summed E-state index contributed by atoms with van der Waals surface area (Å²) in [6, 6.07) is 5.05. The summed E-state index contributed by atoms with van der Waals surface area (Å²) in [5, 5.41) is 13.5. The van der Waals surface area contributed by atoms with Gasteiger partial charge in [0.25, 0.3) is 0 Å². The molecule has 15 heavy (non-hydrogen) atoms. The lowest BCUT2D eigenvalue weighted by molar-refractivity contribution is 0.474. The average Bonchev–Trinajstić information content (AvgIpc) is 2.64. The molecule has 1 heterocycles. The Kier molecular flexibility index (Phi) is 2.75. The molecular formula is C10H10BrN3O. The van der Waals surface area contributed by atoms with Gasteiger partial charge < -0.3 is 10.8 Å². The number of phenolic OH excluding ortho intramolecular Hbond substituents is 1. The van der Waals surface area contributed by atoms with Crippen LogP contribution in [-0.2, 0) is 6.54 Å². The minimum Gasteiger partial charge on any atom is -0.508 e. The molecule has 4 nitrogen and oxygen atoms in total. The lowest BCUT2D eigenvalue weighted by Gasteiger charge is -2.07. The van der Waals surface area contributed by atoms with Crippen LogP contribution < -0.4 is 5.73 Å². The first kappa shape index (κ1) is 10.2. The van der Waals surface area contributed by atoms with E-state index in [2.05, 4.69) is 21.0 Å². The monoisotopic (exact) mass is 267 g/mol. The van der Waals surface area contributed by atoms with Crippen LogP contribution in [0, 0.1) is 0 Å². The summed E-state index contributed by atoms with van der Waals surface area (Å²) < 4.78 is 2.62. The summed E-state index contributed by atoms with van der Waals surface area (Å²) in [5.74, 6) is 0.213. The van der Waals surface area contributed by atoms with Crippen molar-refractivity contribution in [1.82, 2.24) is 9.78 Å². The van der Waals surface area contributed by atoms with Gasteiger partial charge in [-0.25, -0.2) is 4.68 Å². The topological polar surface area (TPSA) is 64.1 Å². The van der Waals surface area contributed by atoms with Crippen LogP contribution in [0.5, 0.6) is 5.75 Å². The Morgan fingerprint density at radius 1 is 1.47 bits per heavy atom. The molecule has 0 spiro atoms. The summed E-state index contributed by atoms with van der Waals surface area (Å²) in [4.78, 5) is 0. The fourth-order valence-corrected chi connectivity index (χ4v) is 1.68. The molecule has 0 aliphatic rings. The van der Waals surface area contributed by atoms with E-state index in [0.717, 1.165) is 15.7 Å². The van der Waals surface area contributed by atoms with Gasteiger partial charge >= 0.3 is 0 Å². The molecule has 2 aromatic rings. The molecule has 1 aromatic heterocycles. The fourth-order valence-electron chi connectivity index (χ4n) is 1.39. The number of aromatic hydroxyl groups is 1. The van der Waals surface area contributed by atoms with Gasteiger partial charge in [-0.3, -0.25) is 0 Å². The maximum absolute atomic E-state index is 9.33. The average molecular weight is 268 g/mol. The van der Waals surface area contributed by atoms with Crippen LogP contribution >= 0.6 is 15.9 Å². The Balaban J connectivity index is 2.52. The largest absolute Gasteiger partial charge is 0.508 e. The highest BCUT2D eigenvalue weighted by Crippen LogP contribution is 2.20. The van der Waals surface area contributed by atoms with Crippen molar-refractivity contribution in [2.75, 3.05) is 0 Å². The van der Waals surface area contributed by atoms with Gasteiger partial charge in [-0.1, -0.05) is 0 Å². The summed E-state index contributed by atoms with van der Waals surface area (Å²) in [6.45, 7) is 0.362. The quantitative estimate of drug-likeness (QED) is 0.872. The second-order valence-corrected chi connectivity index (χ2v) is 4.04. The number of aromatic nitrogens is 2. The number of benzene rings is 1. The summed E-state index contributed by atoms with van der Waals surface area (Å²) in [5.41, 5.74) is 7.33. The molecule has 0 aliphatic carbocycles. The van der Waals surface area contributed by atoms with Crippen molar-refractivity contribution >= 4 is 15.9 Å². The fraction of sp³-hybridized carbons (Fsp3) is 0.100. The van der Waals surface area contributed by atoms with Gasteiger partial charge in [0.05, 0.1) is 16.4 Å². The molecule has 5 heteroatoms. The predicted octanol–water partition coefficient (Wildman–Crippen LogP) is 1.80. The minimum atomic E-state index is 0.213. The van der Waals surface area contributed by atoms with Gasteiger partial charge in [0.2, 0.25) is 0 Å². The number of nitrogens with two attached hydrogens (primary N) is 1. The zero-order valence-electron chi connectivity index (χ0n) is 7.89. The Morgan fingerprint density at radius 2 is 2.27 bits per heavy atom. The van der Waals surface area contributed by atoms with Crippen molar-refractivity contribution in [2.24, 2.45) is 5.73 Å². The van der Waals surface area contributed by atoms with E-state index in [1.54, 1.807) is 29.1 Å². The summed E-state index contributed by atoms with van der Waals surface area (Å²) >= 11 is 3.33. The highest BCUT2D eigenvalue weighted by atomic mass is 79.9. The van der Waals surface area contributed by atoms with Crippen LogP contribution in [0.15, 0.2) is 35.1 Å². The van der Waals surface area contributed by atoms with Crippen LogP contribution in [0.4, 0.5) is 0 Å². The Labute approximate surface area is 95.5 Å². The van der Waals surface area contributed by atoms with Crippen molar-refractivity contribution < 1.29 is 5.11 Å². The van der Waals surface area contributed by atoms with Crippen molar-refractivity contribution in [2.45, 2.75) is 6.54 Å². The van der Waals surface area contributed by atoms with E-state index in [9.17, 15) is 5.11 Å². The van der Waals surface area contributed by atoms with Gasteiger partial charge in [-0.2, -0.15) is 5.10 Å². The van der Waals surface area contributed by atoms with E-state index in [4.69, 9.17) is 5.73 Å². The molecule has 0 bridgehead atoms. The Hall–Kier alpha value is -1.33. The molecule has 0 unspecified atom stereocenters. The van der Waals surface area contributed by atoms with E-state index in [0.29, 0.717) is 6.54 Å². The van der Waals surface area contributed by atoms with Crippen LogP contribution in [-0.4, -0.2) is 14.9 Å². The molecule has 78 valence electrons. The maximum Gasteiger partial charge on any atom is 0.116 e. The van der Waals surface area contributed by atoms with Gasteiger partial charge in [-0.15, -0.1) is 0 Å².